The van der Waals surface area contributed by atoms with Gasteiger partial charge in [0.25, 0.3) is 11.5 Å². The lowest BCUT2D eigenvalue weighted by Gasteiger charge is -2.17. The smallest absolute Gasteiger partial charge is 0.326 e. The molecular weight excluding hydrogens is 238 g/mol. The normalized spacial score (nSPS) is 12.4. The number of amides is 1. The predicted octanol–water partition coefficient (Wildman–Crippen LogP) is -0.800. The highest BCUT2D eigenvalue weighted by Gasteiger charge is 2.15. The third-order valence-electron chi connectivity index (χ3n) is 2.32. The summed E-state index contributed by atoms with van der Waals surface area (Å²) in [6.45, 7) is 3.73. The van der Waals surface area contributed by atoms with Gasteiger partial charge in [0.05, 0.1) is 12.6 Å². The Morgan fingerprint density at radius 1 is 1.39 bits per heavy atom. The summed E-state index contributed by atoms with van der Waals surface area (Å²) >= 11 is 0. The van der Waals surface area contributed by atoms with Gasteiger partial charge in [0.15, 0.2) is 0 Å². The molecule has 0 bridgehead atoms. The number of aliphatic hydroxyl groups excluding tert-OH is 1. The number of carbonyl (C=O) groups excluding carboxylic acids is 1. The molecule has 0 aromatic carbocycles. The van der Waals surface area contributed by atoms with Gasteiger partial charge in [0.1, 0.15) is 5.69 Å². The summed E-state index contributed by atoms with van der Waals surface area (Å²) in [7, 11) is 0. The molecule has 1 rings (SSSR count). The average molecular weight is 255 g/mol. The molecule has 0 aliphatic rings. The van der Waals surface area contributed by atoms with Crippen LogP contribution in [-0.2, 0) is 0 Å². The van der Waals surface area contributed by atoms with Gasteiger partial charge in [-0.1, -0.05) is 13.8 Å². The molecule has 1 aromatic rings. The number of aromatic amines is 2. The molecule has 0 saturated carbocycles. The van der Waals surface area contributed by atoms with Gasteiger partial charge in [-0.3, -0.25) is 14.6 Å². The molecule has 0 radical (unpaired) electrons. The maximum atomic E-state index is 11.8. The Hall–Kier alpha value is -1.89. The molecule has 1 amide bonds. The van der Waals surface area contributed by atoms with Gasteiger partial charge in [0.2, 0.25) is 0 Å². The van der Waals surface area contributed by atoms with Crippen molar-refractivity contribution in [3.63, 3.8) is 0 Å². The molecule has 0 fully saturated rings. The molecule has 0 spiro atoms. The molecule has 100 valence electrons. The lowest BCUT2D eigenvalue weighted by molar-refractivity contribution is 0.0902. The van der Waals surface area contributed by atoms with Crippen molar-refractivity contribution in [3.8, 4) is 0 Å². The zero-order valence-electron chi connectivity index (χ0n) is 10.3. The van der Waals surface area contributed by atoms with Crippen LogP contribution in [0.3, 0.4) is 0 Å². The summed E-state index contributed by atoms with van der Waals surface area (Å²) in [6, 6.07) is 0.598. The molecule has 0 aliphatic carbocycles. The molecule has 1 unspecified atom stereocenters. The van der Waals surface area contributed by atoms with Crippen LogP contribution in [0.4, 0.5) is 0 Å². The standard InChI is InChI=1S/C11H17N3O4/c1-6(2)3-7(5-15)12-10(17)8-4-9(16)14-11(18)13-8/h4,6-7,15H,3,5H2,1-2H3,(H,12,17)(H2,13,14,16,18). The Bertz CT molecular complexity index is 489. The Morgan fingerprint density at radius 3 is 2.56 bits per heavy atom. The van der Waals surface area contributed by atoms with Gasteiger partial charge in [0, 0.05) is 6.07 Å². The van der Waals surface area contributed by atoms with E-state index in [0.717, 1.165) is 6.07 Å². The molecule has 0 saturated heterocycles. The average Bonchev–Trinajstić information content (AvgIpc) is 2.26. The minimum Gasteiger partial charge on any atom is -0.394 e. The molecule has 0 aliphatic heterocycles. The molecule has 18 heavy (non-hydrogen) atoms. The lowest BCUT2D eigenvalue weighted by Crippen LogP contribution is -2.40. The van der Waals surface area contributed by atoms with Crippen molar-refractivity contribution in [2.75, 3.05) is 6.61 Å². The van der Waals surface area contributed by atoms with E-state index in [2.05, 4.69) is 10.3 Å². The molecule has 7 nitrogen and oxygen atoms in total. The van der Waals surface area contributed by atoms with Crippen LogP contribution in [0.25, 0.3) is 0 Å². The Balaban J connectivity index is 2.80. The topological polar surface area (TPSA) is 115 Å². The van der Waals surface area contributed by atoms with Crippen molar-refractivity contribution >= 4 is 5.91 Å². The fraction of sp³-hybridized carbons (Fsp3) is 0.545. The van der Waals surface area contributed by atoms with E-state index < -0.39 is 23.2 Å². The Labute approximate surface area is 103 Å². The van der Waals surface area contributed by atoms with Crippen molar-refractivity contribution < 1.29 is 9.90 Å². The van der Waals surface area contributed by atoms with E-state index in [4.69, 9.17) is 5.11 Å². The highest BCUT2D eigenvalue weighted by atomic mass is 16.3. The molecule has 1 heterocycles. The maximum Gasteiger partial charge on any atom is 0.326 e. The molecule has 4 N–H and O–H groups in total. The van der Waals surface area contributed by atoms with Gasteiger partial charge < -0.3 is 15.4 Å². The lowest BCUT2D eigenvalue weighted by atomic mass is 10.0. The minimum atomic E-state index is -0.739. The number of H-pyrrole nitrogens is 2. The first kappa shape index (κ1) is 14.2. The summed E-state index contributed by atoms with van der Waals surface area (Å²) in [5.41, 5.74) is -1.50. The number of aliphatic hydroxyl groups is 1. The molecule has 1 aromatic heterocycles. The number of carbonyl (C=O) groups is 1. The van der Waals surface area contributed by atoms with Crippen molar-refractivity contribution in [2.45, 2.75) is 26.3 Å². The fourth-order valence-corrected chi connectivity index (χ4v) is 1.60. The van der Waals surface area contributed by atoms with Gasteiger partial charge in [-0.05, 0) is 12.3 Å². The second-order valence-electron chi connectivity index (χ2n) is 4.48. The van der Waals surface area contributed by atoms with Crippen LogP contribution in [0.15, 0.2) is 15.7 Å². The fourth-order valence-electron chi connectivity index (χ4n) is 1.60. The highest BCUT2D eigenvalue weighted by Crippen LogP contribution is 2.04. The van der Waals surface area contributed by atoms with Gasteiger partial charge in [-0.15, -0.1) is 0 Å². The minimum absolute atomic E-state index is 0.119. The first-order valence-electron chi connectivity index (χ1n) is 5.67. The van der Waals surface area contributed by atoms with Crippen LogP contribution in [0.2, 0.25) is 0 Å². The number of aromatic nitrogens is 2. The van der Waals surface area contributed by atoms with Gasteiger partial charge >= 0.3 is 5.69 Å². The van der Waals surface area contributed by atoms with Crippen molar-refractivity contribution in [1.29, 1.82) is 0 Å². The van der Waals surface area contributed by atoms with Crippen LogP contribution < -0.4 is 16.6 Å². The third-order valence-corrected chi connectivity index (χ3v) is 2.32. The van der Waals surface area contributed by atoms with E-state index in [1.54, 1.807) is 0 Å². The van der Waals surface area contributed by atoms with E-state index in [0.29, 0.717) is 12.3 Å². The number of hydrogen-bond donors (Lipinski definition) is 4. The van der Waals surface area contributed by atoms with Crippen molar-refractivity contribution in [3.05, 3.63) is 32.6 Å². The van der Waals surface area contributed by atoms with Crippen LogP contribution in [-0.4, -0.2) is 33.6 Å². The SMILES string of the molecule is CC(C)CC(CO)NC(=O)c1cc(=O)[nH]c(=O)[nH]1. The highest BCUT2D eigenvalue weighted by molar-refractivity contribution is 5.92. The second kappa shape index (κ2) is 6.15. The summed E-state index contributed by atoms with van der Waals surface area (Å²) in [6.07, 6.45) is 0.607. The van der Waals surface area contributed by atoms with E-state index in [1.807, 2.05) is 18.8 Å². The van der Waals surface area contributed by atoms with E-state index in [-0.39, 0.29) is 12.3 Å². The van der Waals surface area contributed by atoms with Crippen molar-refractivity contribution in [2.24, 2.45) is 5.92 Å². The monoisotopic (exact) mass is 255 g/mol. The zero-order valence-corrected chi connectivity index (χ0v) is 10.3. The van der Waals surface area contributed by atoms with Crippen LogP contribution in [0, 0.1) is 5.92 Å². The second-order valence-corrected chi connectivity index (χ2v) is 4.48. The van der Waals surface area contributed by atoms with Crippen LogP contribution in [0.1, 0.15) is 30.8 Å². The third kappa shape index (κ3) is 4.17. The number of rotatable bonds is 5. The van der Waals surface area contributed by atoms with E-state index in [1.165, 1.54) is 0 Å². The molecule has 7 heteroatoms. The summed E-state index contributed by atoms with van der Waals surface area (Å²) in [4.78, 5) is 38.0. The van der Waals surface area contributed by atoms with E-state index >= 15 is 0 Å². The van der Waals surface area contributed by atoms with Crippen LogP contribution in [0.5, 0.6) is 0 Å². The Morgan fingerprint density at radius 2 is 2.06 bits per heavy atom. The first-order chi connectivity index (χ1) is 8.42. The van der Waals surface area contributed by atoms with Gasteiger partial charge in [-0.2, -0.15) is 0 Å². The largest absolute Gasteiger partial charge is 0.394 e. The van der Waals surface area contributed by atoms with Crippen molar-refractivity contribution in [1.82, 2.24) is 15.3 Å². The number of hydrogen-bond acceptors (Lipinski definition) is 4. The Kier molecular flexibility index (Phi) is 4.85. The van der Waals surface area contributed by atoms with Gasteiger partial charge in [-0.25, -0.2) is 4.79 Å². The zero-order chi connectivity index (χ0) is 13.7. The quantitative estimate of drug-likeness (QED) is 0.551. The summed E-state index contributed by atoms with van der Waals surface area (Å²) in [5.74, 6) is -0.279. The number of nitrogens with one attached hydrogen (secondary N) is 3. The predicted molar refractivity (Wildman–Crippen MR) is 65.5 cm³/mol. The molecular formula is C11H17N3O4. The first-order valence-corrected chi connectivity index (χ1v) is 5.67. The van der Waals surface area contributed by atoms with E-state index in [9.17, 15) is 14.4 Å². The molecule has 1 atom stereocenters. The summed E-state index contributed by atoms with van der Waals surface area (Å²) < 4.78 is 0. The van der Waals surface area contributed by atoms with Crippen LogP contribution >= 0.6 is 0 Å². The maximum absolute atomic E-state index is 11.8. The summed E-state index contributed by atoms with van der Waals surface area (Å²) in [5, 5.41) is 11.7.